The van der Waals surface area contributed by atoms with Crippen molar-refractivity contribution in [1.29, 1.82) is 0 Å². The number of carbonyl (C=O) groups is 4. The van der Waals surface area contributed by atoms with Gasteiger partial charge in [-0.3, -0.25) is 14.4 Å². The van der Waals surface area contributed by atoms with Crippen molar-refractivity contribution < 1.29 is 24.3 Å². The topological polar surface area (TPSA) is 151 Å². The summed E-state index contributed by atoms with van der Waals surface area (Å²) in [5, 5.41) is 16.9. The lowest BCUT2D eigenvalue weighted by atomic mass is 9.99. The van der Waals surface area contributed by atoms with E-state index in [9.17, 15) is 19.2 Å². The maximum Gasteiger partial charge on any atom is 0.327 e. The average molecular weight is 461 g/mol. The molecule has 3 amide bonds. The summed E-state index contributed by atoms with van der Waals surface area (Å²) >= 11 is 3.95. The Labute approximate surface area is 191 Å². The number of hydrogen-bond donors (Lipinski definition) is 6. The molecule has 0 aliphatic heterocycles. The number of carbonyl (C=O) groups excluding carboxylic acids is 3. The fourth-order valence-electron chi connectivity index (χ4n) is 3.03. The summed E-state index contributed by atoms with van der Waals surface area (Å²) in [4.78, 5) is 49.3. The fraction of sp³-hybridized carbons (Fsp3) is 0.810. The Kier molecular flexibility index (Phi) is 13.5. The molecule has 0 radical (unpaired) electrons. The Morgan fingerprint density at radius 1 is 0.710 bits per heavy atom. The van der Waals surface area contributed by atoms with Gasteiger partial charge in [-0.05, 0) is 37.0 Å². The van der Waals surface area contributed by atoms with Crippen LogP contribution in [0.25, 0.3) is 0 Å². The lowest BCUT2D eigenvalue weighted by Gasteiger charge is -2.26. The Balaban J connectivity index is 5.41. The first-order valence-corrected chi connectivity index (χ1v) is 11.4. The molecule has 0 bridgehead atoms. The molecule has 0 spiro atoms. The molecule has 9 nitrogen and oxygen atoms in total. The molecule has 0 heterocycles. The molecule has 0 aliphatic carbocycles. The van der Waals surface area contributed by atoms with E-state index in [0.717, 1.165) is 0 Å². The van der Waals surface area contributed by atoms with Crippen LogP contribution in [0.4, 0.5) is 0 Å². The monoisotopic (exact) mass is 460 g/mol. The number of aliphatic carboxylic acids is 1. The number of nitrogens with two attached hydrogens (primary N) is 1. The van der Waals surface area contributed by atoms with Crippen molar-refractivity contribution >= 4 is 36.3 Å². The number of carboxylic acid groups (broad SMARTS) is 1. The smallest absolute Gasteiger partial charge is 0.327 e. The SMILES string of the molecule is CC(C)C[C@H](NC(=O)[C@H](CC(C)C)NC(=O)[C@@H](N)CC(C)C)C(=O)N[C@@H](CS)C(=O)O. The summed E-state index contributed by atoms with van der Waals surface area (Å²) in [5.74, 6) is -2.41. The zero-order valence-electron chi connectivity index (χ0n) is 19.5. The summed E-state index contributed by atoms with van der Waals surface area (Å²) in [6.45, 7) is 11.5. The van der Waals surface area contributed by atoms with Gasteiger partial charge >= 0.3 is 5.97 Å². The van der Waals surface area contributed by atoms with Gasteiger partial charge in [-0.15, -0.1) is 0 Å². The first-order valence-electron chi connectivity index (χ1n) is 10.8. The van der Waals surface area contributed by atoms with Gasteiger partial charge in [0.25, 0.3) is 0 Å². The van der Waals surface area contributed by atoms with E-state index in [2.05, 4.69) is 28.6 Å². The van der Waals surface area contributed by atoms with E-state index in [-0.39, 0.29) is 23.5 Å². The van der Waals surface area contributed by atoms with Gasteiger partial charge in [-0.25, -0.2) is 4.79 Å². The molecular weight excluding hydrogens is 420 g/mol. The molecular formula is C21H40N4O5S. The number of thiol groups is 1. The normalized spacial score (nSPS) is 15.3. The summed E-state index contributed by atoms with van der Waals surface area (Å²) in [6, 6.07) is -3.69. The molecule has 0 aromatic carbocycles. The number of rotatable bonds is 14. The lowest BCUT2D eigenvalue weighted by Crippen LogP contribution is -2.57. The van der Waals surface area contributed by atoms with Crippen LogP contribution >= 0.6 is 12.6 Å². The van der Waals surface area contributed by atoms with Crippen molar-refractivity contribution in [2.24, 2.45) is 23.5 Å². The van der Waals surface area contributed by atoms with Crippen LogP contribution in [0.2, 0.25) is 0 Å². The first kappa shape index (κ1) is 29.2. The van der Waals surface area contributed by atoms with Crippen molar-refractivity contribution in [3.63, 3.8) is 0 Å². The molecule has 180 valence electrons. The first-order chi connectivity index (χ1) is 14.3. The van der Waals surface area contributed by atoms with Crippen LogP contribution in [0.1, 0.15) is 60.8 Å². The zero-order valence-corrected chi connectivity index (χ0v) is 20.4. The van der Waals surface area contributed by atoms with Crippen LogP contribution in [0.15, 0.2) is 0 Å². The van der Waals surface area contributed by atoms with Crippen LogP contribution < -0.4 is 21.7 Å². The van der Waals surface area contributed by atoms with Crippen LogP contribution in [0.5, 0.6) is 0 Å². The molecule has 4 atom stereocenters. The van der Waals surface area contributed by atoms with Gasteiger partial charge in [0.05, 0.1) is 6.04 Å². The Bertz CT molecular complexity index is 613. The second-order valence-corrected chi connectivity index (χ2v) is 9.56. The fourth-order valence-corrected chi connectivity index (χ4v) is 3.28. The van der Waals surface area contributed by atoms with Crippen LogP contribution in [0.3, 0.4) is 0 Å². The predicted octanol–water partition coefficient (Wildman–Crippen LogP) is 0.921. The third-order valence-corrected chi connectivity index (χ3v) is 4.90. The van der Waals surface area contributed by atoms with E-state index in [1.165, 1.54) is 0 Å². The van der Waals surface area contributed by atoms with Crippen molar-refractivity contribution in [3.05, 3.63) is 0 Å². The summed E-state index contributed by atoms with van der Waals surface area (Å²) < 4.78 is 0. The molecule has 0 saturated carbocycles. The van der Waals surface area contributed by atoms with E-state index >= 15 is 0 Å². The lowest BCUT2D eigenvalue weighted by molar-refractivity contribution is -0.141. The largest absolute Gasteiger partial charge is 0.480 e. The molecule has 0 rings (SSSR count). The third kappa shape index (κ3) is 12.0. The molecule has 0 saturated heterocycles. The zero-order chi connectivity index (χ0) is 24.3. The average Bonchev–Trinajstić information content (AvgIpc) is 2.62. The molecule has 10 heteroatoms. The number of amides is 3. The molecule has 31 heavy (non-hydrogen) atoms. The minimum atomic E-state index is -1.21. The molecule has 0 fully saturated rings. The highest BCUT2D eigenvalue weighted by molar-refractivity contribution is 7.80. The molecule has 6 N–H and O–H groups in total. The second kappa shape index (κ2) is 14.3. The standard InChI is InChI=1S/C21H40N4O5S/c1-11(2)7-14(22)18(26)23-15(8-12(3)4)19(27)24-16(9-13(5)6)20(28)25-17(10-31)21(29)30/h11-17,31H,7-10,22H2,1-6H3,(H,23,26)(H,24,27)(H,25,28)(H,29,30)/t14-,15-,16-,17-/m0/s1. The summed E-state index contributed by atoms with van der Waals surface area (Å²) in [5.41, 5.74) is 5.94. The number of nitrogens with one attached hydrogen (secondary N) is 3. The van der Waals surface area contributed by atoms with Crippen molar-refractivity contribution in [2.75, 3.05) is 5.75 Å². The van der Waals surface area contributed by atoms with E-state index in [1.807, 2.05) is 41.5 Å². The Morgan fingerprint density at radius 3 is 1.39 bits per heavy atom. The minimum Gasteiger partial charge on any atom is -0.480 e. The van der Waals surface area contributed by atoms with Gasteiger partial charge in [0.15, 0.2) is 0 Å². The maximum absolute atomic E-state index is 13.0. The predicted molar refractivity (Wildman–Crippen MR) is 124 cm³/mol. The van der Waals surface area contributed by atoms with Gasteiger partial charge in [-0.2, -0.15) is 12.6 Å². The molecule has 0 aromatic heterocycles. The number of hydrogen-bond acceptors (Lipinski definition) is 6. The third-order valence-electron chi connectivity index (χ3n) is 4.54. The van der Waals surface area contributed by atoms with Gasteiger partial charge in [0.1, 0.15) is 18.1 Å². The van der Waals surface area contributed by atoms with E-state index < -0.39 is 47.9 Å². The number of carboxylic acids is 1. The van der Waals surface area contributed by atoms with Crippen molar-refractivity contribution in [1.82, 2.24) is 16.0 Å². The van der Waals surface area contributed by atoms with E-state index in [4.69, 9.17) is 10.8 Å². The highest BCUT2D eigenvalue weighted by Gasteiger charge is 2.30. The molecule has 0 aliphatic rings. The maximum atomic E-state index is 13.0. The van der Waals surface area contributed by atoms with Gasteiger partial charge < -0.3 is 26.8 Å². The summed E-state index contributed by atoms with van der Waals surface area (Å²) in [7, 11) is 0. The Hall–Kier alpha value is -1.81. The second-order valence-electron chi connectivity index (χ2n) is 9.20. The van der Waals surface area contributed by atoms with E-state index in [0.29, 0.717) is 19.3 Å². The quantitative estimate of drug-likeness (QED) is 0.212. The summed E-state index contributed by atoms with van der Waals surface area (Å²) in [6.07, 6.45) is 1.17. The van der Waals surface area contributed by atoms with Gasteiger partial charge in [0.2, 0.25) is 17.7 Å². The minimum absolute atomic E-state index is 0.0629. The van der Waals surface area contributed by atoms with E-state index in [1.54, 1.807) is 0 Å². The Morgan fingerprint density at radius 2 is 1.06 bits per heavy atom. The molecule has 0 aromatic rings. The van der Waals surface area contributed by atoms with Crippen LogP contribution in [-0.2, 0) is 19.2 Å². The van der Waals surface area contributed by atoms with Crippen LogP contribution in [-0.4, -0.2) is 58.7 Å². The van der Waals surface area contributed by atoms with Crippen LogP contribution in [0, 0.1) is 17.8 Å². The highest BCUT2D eigenvalue weighted by Crippen LogP contribution is 2.10. The van der Waals surface area contributed by atoms with Gasteiger partial charge in [-0.1, -0.05) is 41.5 Å². The highest BCUT2D eigenvalue weighted by atomic mass is 32.1. The van der Waals surface area contributed by atoms with Crippen molar-refractivity contribution in [3.8, 4) is 0 Å². The van der Waals surface area contributed by atoms with Gasteiger partial charge in [0, 0.05) is 5.75 Å². The molecule has 0 unspecified atom stereocenters. The van der Waals surface area contributed by atoms with Crippen molar-refractivity contribution in [2.45, 2.75) is 85.0 Å².